The van der Waals surface area contributed by atoms with Crippen LogP contribution in [0.25, 0.3) is 0 Å². The highest BCUT2D eigenvalue weighted by molar-refractivity contribution is 6.33. The average molecular weight is 329 g/mol. The van der Waals surface area contributed by atoms with Crippen molar-refractivity contribution in [1.29, 1.82) is 0 Å². The first kappa shape index (κ1) is 16.4. The quantitative estimate of drug-likeness (QED) is 0.788. The molecule has 0 spiro atoms. The van der Waals surface area contributed by atoms with Crippen LogP contribution in [0.5, 0.6) is 0 Å². The summed E-state index contributed by atoms with van der Waals surface area (Å²) in [6.07, 6.45) is 1.22. The Hall–Kier alpha value is -1.51. The van der Waals surface area contributed by atoms with E-state index in [0.717, 1.165) is 31.2 Å². The molecule has 0 aromatic heterocycles. The smallest absolute Gasteiger partial charge is 0.0639 e. The zero-order chi connectivity index (χ0) is 16.1. The summed E-state index contributed by atoms with van der Waals surface area (Å²) in [7, 11) is 0. The van der Waals surface area contributed by atoms with Gasteiger partial charge < -0.3 is 4.90 Å². The molecule has 0 N–H and O–H groups in total. The van der Waals surface area contributed by atoms with E-state index in [1.165, 1.54) is 24.2 Å². The Morgan fingerprint density at radius 1 is 0.913 bits per heavy atom. The van der Waals surface area contributed by atoms with Gasteiger partial charge in [-0.3, -0.25) is 4.90 Å². The Kier molecular flexibility index (Phi) is 5.58. The van der Waals surface area contributed by atoms with Crippen LogP contribution in [-0.4, -0.2) is 37.6 Å². The molecule has 0 unspecified atom stereocenters. The van der Waals surface area contributed by atoms with Crippen LogP contribution < -0.4 is 4.90 Å². The topological polar surface area (TPSA) is 6.48 Å². The normalized spacial score (nSPS) is 17.2. The van der Waals surface area contributed by atoms with Crippen LogP contribution in [0.3, 0.4) is 0 Å². The van der Waals surface area contributed by atoms with Crippen molar-refractivity contribution in [1.82, 2.24) is 4.90 Å². The molecule has 2 nitrogen and oxygen atoms in total. The number of piperazine rings is 1. The van der Waals surface area contributed by atoms with E-state index in [0.29, 0.717) is 5.92 Å². The minimum atomic E-state index is 0.623. The fourth-order valence-corrected chi connectivity index (χ4v) is 3.50. The van der Waals surface area contributed by atoms with Crippen molar-refractivity contribution >= 4 is 17.3 Å². The zero-order valence-electron chi connectivity index (χ0n) is 13.8. The highest BCUT2D eigenvalue weighted by atomic mass is 35.5. The third-order valence-corrected chi connectivity index (χ3v) is 5.13. The highest BCUT2D eigenvalue weighted by Gasteiger charge is 2.19. The Bertz CT molecular complexity index is 606. The molecule has 0 radical (unpaired) electrons. The van der Waals surface area contributed by atoms with Crippen LogP contribution in [0.15, 0.2) is 54.6 Å². The molecule has 1 saturated heterocycles. The van der Waals surface area contributed by atoms with E-state index in [4.69, 9.17) is 11.6 Å². The molecule has 2 aromatic carbocycles. The summed E-state index contributed by atoms with van der Waals surface area (Å²) in [6, 6.07) is 19.0. The fraction of sp³-hybridized carbons (Fsp3) is 0.400. The second-order valence-electron chi connectivity index (χ2n) is 6.38. The summed E-state index contributed by atoms with van der Waals surface area (Å²) in [5.41, 5.74) is 2.62. The lowest BCUT2D eigenvalue weighted by Gasteiger charge is -2.36. The van der Waals surface area contributed by atoms with Gasteiger partial charge in [-0.05, 0) is 36.6 Å². The number of hydrogen-bond acceptors (Lipinski definition) is 2. The van der Waals surface area contributed by atoms with Gasteiger partial charge in [0.1, 0.15) is 0 Å². The third-order valence-electron chi connectivity index (χ3n) is 4.81. The van der Waals surface area contributed by atoms with Crippen molar-refractivity contribution < 1.29 is 0 Å². The van der Waals surface area contributed by atoms with E-state index in [9.17, 15) is 0 Å². The van der Waals surface area contributed by atoms with Crippen molar-refractivity contribution in [3.8, 4) is 0 Å². The van der Waals surface area contributed by atoms with Gasteiger partial charge in [0.15, 0.2) is 0 Å². The molecule has 0 amide bonds. The van der Waals surface area contributed by atoms with Crippen molar-refractivity contribution in [2.24, 2.45) is 0 Å². The van der Waals surface area contributed by atoms with Crippen molar-refractivity contribution in [3.05, 3.63) is 65.2 Å². The summed E-state index contributed by atoms with van der Waals surface area (Å²) >= 11 is 6.31. The maximum atomic E-state index is 6.31. The molecule has 1 fully saturated rings. The number of halogens is 1. The number of rotatable bonds is 5. The van der Waals surface area contributed by atoms with Gasteiger partial charge in [0.25, 0.3) is 0 Å². The molecule has 0 aliphatic carbocycles. The molecular formula is C20H25ClN2. The maximum Gasteiger partial charge on any atom is 0.0639 e. The molecule has 0 saturated carbocycles. The van der Waals surface area contributed by atoms with Crippen LogP contribution in [0.1, 0.15) is 24.8 Å². The zero-order valence-corrected chi connectivity index (χ0v) is 14.5. The summed E-state index contributed by atoms with van der Waals surface area (Å²) in [5.74, 6) is 0.623. The molecule has 3 heteroatoms. The second kappa shape index (κ2) is 7.85. The van der Waals surface area contributed by atoms with E-state index in [1.807, 2.05) is 12.1 Å². The van der Waals surface area contributed by atoms with Gasteiger partial charge in [0.05, 0.1) is 10.7 Å². The van der Waals surface area contributed by atoms with E-state index in [2.05, 4.69) is 59.2 Å². The molecular weight excluding hydrogens is 304 g/mol. The Morgan fingerprint density at radius 2 is 1.57 bits per heavy atom. The number of hydrogen-bond donors (Lipinski definition) is 0. The van der Waals surface area contributed by atoms with E-state index >= 15 is 0 Å². The summed E-state index contributed by atoms with van der Waals surface area (Å²) in [5, 5.41) is 0.860. The molecule has 1 aliphatic heterocycles. The second-order valence-corrected chi connectivity index (χ2v) is 6.79. The third kappa shape index (κ3) is 4.27. The van der Waals surface area contributed by atoms with Crippen LogP contribution >= 0.6 is 11.6 Å². The minimum absolute atomic E-state index is 0.623. The lowest BCUT2D eigenvalue weighted by atomic mass is 9.97. The predicted octanol–water partition coefficient (Wildman–Crippen LogP) is 4.66. The lowest BCUT2D eigenvalue weighted by molar-refractivity contribution is 0.250. The van der Waals surface area contributed by atoms with Crippen LogP contribution in [0, 0.1) is 0 Å². The van der Waals surface area contributed by atoms with Gasteiger partial charge in [-0.1, -0.05) is 61.0 Å². The van der Waals surface area contributed by atoms with E-state index < -0.39 is 0 Å². The van der Waals surface area contributed by atoms with Crippen molar-refractivity contribution in [3.63, 3.8) is 0 Å². The highest BCUT2D eigenvalue weighted by Crippen LogP contribution is 2.26. The average Bonchev–Trinajstić information content (AvgIpc) is 2.61. The monoisotopic (exact) mass is 328 g/mol. The first-order valence-corrected chi connectivity index (χ1v) is 8.88. The fourth-order valence-electron chi connectivity index (χ4n) is 3.25. The van der Waals surface area contributed by atoms with Crippen LogP contribution in [0.4, 0.5) is 5.69 Å². The number of benzene rings is 2. The molecule has 1 heterocycles. The molecule has 3 rings (SSSR count). The number of anilines is 1. The van der Waals surface area contributed by atoms with E-state index in [1.54, 1.807) is 0 Å². The predicted molar refractivity (Wildman–Crippen MR) is 99.6 cm³/mol. The van der Waals surface area contributed by atoms with Gasteiger partial charge in [-0.2, -0.15) is 0 Å². The largest absolute Gasteiger partial charge is 0.368 e. The van der Waals surface area contributed by atoms with Gasteiger partial charge >= 0.3 is 0 Å². The van der Waals surface area contributed by atoms with E-state index in [-0.39, 0.29) is 0 Å². The Labute approximate surface area is 144 Å². The van der Waals surface area contributed by atoms with Crippen LogP contribution in [0.2, 0.25) is 5.02 Å². The Balaban J connectivity index is 1.47. The molecule has 23 heavy (non-hydrogen) atoms. The first-order valence-electron chi connectivity index (χ1n) is 8.51. The van der Waals surface area contributed by atoms with Gasteiger partial charge in [-0.25, -0.2) is 0 Å². The number of nitrogens with zero attached hydrogens (tertiary/aromatic N) is 2. The molecule has 1 aliphatic rings. The summed E-state index contributed by atoms with van der Waals surface area (Å²) in [6.45, 7) is 7.86. The lowest BCUT2D eigenvalue weighted by Crippen LogP contribution is -2.46. The summed E-state index contributed by atoms with van der Waals surface area (Å²) in [4.78, 5) is 4.98. The van der Waals surface area contributed by atoms with Gasteiger partial charge in [0.2, 0.25) is 0 Å². The van der Waals surface area contributed by atoms with Crippen molar-refractivity contribution in [2.75, 3.05) is 37.6 Å². The first-order chi connectivity index (χ1) is 11.2. The molecule has 1 atom stereocenters. The van der Waals surface area contributed by atoms with Crippen molar-refractivity contribution in [2.45, 2.75) is 19.3 Å². The molecule has 122 valence electrons. The SMILES string of the molecule is C[C@@H](CCN1CCN(c2ccccc2Cl)CC1)c1ccccc1. The summed E-state index contributed by atoms with van der Waals surface area (Å²) < 4.78 is 0. The molecule has 2 aromatic rings. The minimum Gasteiger partial charge on any atom is -0.368 e. The number of para-hydroxylation sites is 1. The molecule has 0 bridgehead atoms. The van der Waals surface area contributed by atoms with Crippen LogP contribution in [-0.2, 0) is 0 Å². The standard InChI is InChI=1S/C20H25ClN2/c1-17(18-7-3-2-4-8-18)11-12-22-13-15-23(16-14-22)20-10-6-5-9-19(20)21/h2-10,17H,11-16H2,1H3/t17-/m0/s1. The Morgan fingerprint density at radius 3 is 2.26 bits per heavy atom. The van der Waals surface area contributed by atoms with Gasteiger partial charge in [-0.15, -0.1) is 0 Å². The maximum absolute atomic E-state index is 6.31. The van der Waals surface area contributed by atoms with Gasteiger partial charge in [0, 0.05) is 26.2 Å².